The molecule has 0 spiro atoms. The molecule has 1 unspecified atom stereocenters. The van der Waals surface area contributed by atoms with Crippen molar-refractivity contribution in [1.29, 1.82) is 0 Å². The number of fused-ring (bicyclic) bond motifs is 1. The molecule has 1 atom stereocenters. The van der Waals surface area contributed by atoms with Gasteiger partial charge >= 0.3 is 0 Å². The predicted octanol–water partition coefficient (Wildman–Crippen LogP) is 3.31. The molecule has 2 N–H and O–H groups in total. The lowest BCUT2D eigenvalue weighted by molar-refractivity contribution is -0.119. The van der Waals surface area contributed by atoms with Crippen molar-refractivity contribution in [2.45, 2.75) is 45.3 Å². The molecule has 0 aliphatic carbocycles. The van der Waals surface area contributed by atoms with Crippen molar-refractivity contribution >= 4 is 16.9 Å². The van der Waals surface area contributed by atoms with Gasteiger partial charge in [-0.2, -0.15) is 5.10 Å². The number of aromatic nitrogens is 2. The van der Waals surface area contributed by atoms with Crippen molar-refractivity contribution in [2.24, 2.45) is 0 Å². The summed E-state index contributed by atoms with van der Waals surface area (Å²) in [5, 5.41) is 11.5. The Hall–Kier alpha value is -2.60. The maximum absolute atomic E-state index is 11.5. The molecule has 2 aromatic heterocycles. The lowest BCUT2D eigenvalue weighted by atomic mass is 10.1. The molecule has 1 saturated heterocycles. The van der Waals surface area contributed by atoms with E-state index >= 15 is 0 Å². The third kappa shape index (κ3) is 3.37. The number of hydrogen-bond donors (Lipinski definition) is 2. The SMILES string of the molecule is CC(C)N(Cc1cn[nH]c1-c1cc2ccccc2o1)CC1CCC(=O)N1. The molecule has 1 aliphatic heterocycles. The standard InChI is InChI=1S/C20H24N4O2/c1-13(2)24(12-16-7-8-19(25)22-16)11-15-10-21-23-20(15)18-9-14-5-3-4-6-17(14)26-18/h3-6,9-10,13,16H,7-8,11-12H2,1-2H3,(H,21,23)(H,22,25). The molecule has 6 nitrogen and oxygen atoms in total. The summed E-state index contributed by atoms with van der Waals surface area (Å²) >= 11 is 0. The van der Waals surface area contributed by atoms with Crippen molar-refractivity contribution in [3.8, 4) is 11.5 Å². The zero-order valence-corrected chi connectivity index (χ0v) is 15.2. The van der Waals surface area contributed by atoms with Crippen LogP contribution in [-0.2, 0) is 11.3 Å². The van der Waals surface area contributed by atoms with Crippen LogP contribution in [0.15, 0.2) is 40.9 Å². The first kappa shape index (κ1) is 16.8. The zero-order chi connectivity index (χ0) is 18.1. The highest BCUT2D eigenvalue weighted by Crippen LogP contribution is 2.29. The summed E-state index contributed by atoms with van der Waals surface area (Å²) in [6.07, 6.45) is 3.40. The van der Waals surface area contributed by atoms with Crippen LogP contribution < -0.4 is 5.32 Å². The molecule has 3 heterocycles. The Morgan fingerprint density at radius 1 is 1.35 bits per heavy atom. The number of aromatic amines is 1. The van der Waals surface area contributed by atoms with E-state index in [0.717, 1.165) is 47.5 Å². The fourth-order valence-electron chi connectivity index (χ4n) is 3.52. The number of amides is 1. The average Bonchev–Trinajstić information content (AvgIpc) is 3.33. The molecule has 3 aromatic rings. The van der Waals surface area contributed by atoms with Gasteiger partial charge in [-0.3, -0.25) is 14.8 Å². The van der Waals surface area contributed by atoms with Gasteiger partial charge in [0, 0.05) is 42.5 Å². The Labute approximate surface area is 152 Å². The maximum atomic E-state index is 11.5. The van der Waals surface area contributed by atoms with Crippen molar-refractivity contribution in [3.05, 3.63) is 42.1 Å². The molecular weight excluding hydrogens is 328 g/mol. The van der Waals surface area contributed by atoms with Crippen molar-refractivity contribution < 1.29 is 9.21 Å². The van der Waals surface area contributed by atoms with E-state index in [0.29, 0.717) is 12.5 Å². The number of hydrogen-bond acceptors (Lipinski definition) is 4. The summed E-state index contributed by atoms with van der Waals surface area (Å²) in [7, 11) is 0. The molecule has 1 aromatic carbocycles. The third-order valence-electron chi connectivity index (χ3n) is 5.03. The lowest BCUT2D eigenvalue weighted by Crippen LogP contribution is -2.41. The second kappa shape index (κ2) is 6.96. The Kier molecular flexibility index (Phi) is 4.51. The molecule has 1 aliphatic rings. The Morgan fingerprint density at radius 3 is 2.92 bits per heavy atom. The smallest absolute Gasteiger partial charge is 0.220 e. The van der Waals surface area contributed by atoms with Gasteiger partial charge in [-0.15, -0.1) is 0 Å². The van der Waals surface area contributed by atoms with Crippen LogP contribution in [0.5, 0.6) is 0 Å². The molecule has 0 radical (unpaired) electrons. The fraction of sp³-hybridized carbons (Fsp3) is 0.400. The lowest BCUT2D eigenvalue weighted by Gasteiger charge is -2.29. The van der Waals surface area contributed by atoms with Crippen LogP contribution in [0, 0.1) is 0 Å². The van der Waals surface area contributed by atoms with Gasteiger partial charge in [0.15, 0.2) is 5.76 Å². The summed E-state index contributed by atoms with van der Waals surface area (Å²) < 4.78 is 6.00. The number of benzene rings is 1. The molecule has 0 bridgehead atoms. The highest BCUT2D eigenvalue weighted by Gasteiger charge is 2.25. The van der Waals surface area contributed by atoms with Crippen LogP contribution in [0.3, 0.4) is 0 Å². The number of H-pyrrole nitrogens is 1. The predicted molar refractivity (Wildman–Crippen MR) is 101 cm³/mol. The first-order valence-corrected chi connectivity index (χ1v) is 9.15. The van der Waals surface area contributed by atoms with E-state index in [2.05, 4.69) is 34.3 Å². The maximum Gasteiger partial charge on any atom is 0.220 e. The van der Waals surface area contributed by atoms with Crippen LogP contribution in [0.25, 0.3) is 22.4 Å². The zero-order valence-electron chi connectivity index (χ0n) is 15.2. The van der Waals surface area contributed by atoms with Crippen LogP contribution >= 0.6 is 0 Å². The largest absolute Gasteiger partial charge is 0.454 e. The number of rotatable bonds is 6. The molecule has 26 heavy (non-hydrogen) atoms. The van der Waals surface area contributed by atoms with E-state index in [1.807, 2.05) is 36.5 Å². The summed E-state index contributed by atoms with van der Waals surface area (Å²) in [6.45, 7) is 5.95. The first-order valence-electron chi connectivity index (χ1n) is 9.15. The van der Waals surface area contributed by atoms with Crippen LogP contribution in [0.1, 0.15) is 32.3 Å². The summed E-state index contributed by atoms with van der Waals surface area (Å²) in [5.41, 5.74) is 2.89. The molecule has 1 fully saturated rings. The number of para-hydroxylation sites is 1. The molecule has 6 heteroatoms. The van der Waals surface area contributed by atoms with Gasteiger partial charge in [0.05, 0.1) is 6.20 Å². The van der Waals surface area contributed by atoms with E-state index in [9.17, 15) is 4.79 Å². The average molecular weight is 352 g/mol. The minimum atomic E-state index is 0.157. The topological polar surface area (TPSA) is 74.2 Å². The monoisotopic (exact) mass is 352 g/mol. The molecule has 0 saturated carbocycles. The van der Waals surface area contributed by atoms with Gasteiger partial charge in [-0.25, -0.2) is 0 Å². The van der Waals surface area contributed by atoms with E-state index in [1.54, 1.807) is 0 Å². The first-order chi connectivity index (χ1) is 12.6. The molecular formula is C20H24N4O2. The summed E-state index contributed by atoms with van der Waals surface area (Å²) in [4.78, 5) is 13.9. The second-order valence-electron chi connectivity index (χ2n) is 7.25. The quantitative estimate of drug-likeness (QED) is 0.714. The molecule has 136 valence electrons. The Balaban J connectivity index is 1.55. The van der Waals surface area contributed by atoms with Gasteiger partial charge in [-0.1, -0.05) is 18.2 Å². The van der Waals surface area contributed by atoms with Crippen molar-refractivity contribution in [2.75, 3.05) is 6.54 Å². The number of carbonyl (C=O) groups excluding carboxylic acids is 1. The van der Waals surface area contributed by atoms with Gasteiger partial charge in [0.25, 0.3) is 0 Å². The highest BCUT2D eigenvalue weighted by molar-refractivity contribution is 5.82. The summed E-state index contributed by atoms with van der Waals surface area (Å²) in [5.74, 6) is 0.960. The van der Waals surface area contributed by atoms with Gasteiger partial charge in [0.2, 0.25) is 5.91 Å². The number of nitrogens with zero attached hydrogens (tertiary/aromatic N) is 2. The minimum absolute atomic E-state index is 0.157. The van der Waals surface area contributed by atoms with Gasteiger partial charge < -0.3 is 9.73 Å². The number of nitrogens with one attached hydrogen (secondary N) is 2. The third-order valence-corrected chi connectivity index (χ3v) is 5.03. The number of furan rings is 1. The van der Waals surface area contributed by atoms with Crippen LogP contribution in [0.2, 0.25) is 0 Å². The van der Waals surface area contributed by atoms with Crippen LogP contribution in [-0.4, -0.2) is 39.6 Å². The van der Waals surface area contributed by atoms with Crippen molar-refractivity contribution in [3.63, 3.8) is 0 Å². The Bertz CT molecular complexity index is 878. The van der Waals surface area contributed by atoms with Gasteiger partial charge in [0.1, 0.15) is 11.3 Å². The normalized spacial score (nSPS) is 17.5. The van der Waals surface area contributed by atoms with E-state index in [-0.39, 0.29) is 11.9 Å². The summed E-state index contributed by atoms with van der Waals surface area (Å²) in [6, 6.07) is 10.6. The Morgan fingerprint density at radius 2 is 2.19 bits per heavy atom. The molecule has 4 rings (SSSR count). The van der Waals surface area contributed by atoms with Gasteiger partial charge in [-0.05, 0) is 32.4 Å². The second-order valence-corrected chi connectivity index (χ2v) is 7.25. The van der Waals surface area contributed by atoms with Crippen molar-refractivity contribution in [1.82, 2.24) is 20.4 Å². The highest BCUT2D eigenvalue weighted by atomic mass is 16.3. The fourth-order valence-corrected chi connectivity index (χ4v) is 3.52. The van der Waals surface area contributed by atoms with E-state index in [1.165, 1.54) is 0 Å². The van der Waals surface area contributed by atoms with E-state index in [4.69, 9.17) is 4.42 Å². The number of carbonyl (C=O) groups is 1. The van der Waals surface area contributed by atoms with Crippen LogP contribution in [0.4, 0.5) is 0 Å². The minimum Gasteiger partial charge on any atom is -0.454 e. The van der Waals surface area contributed by atoms with E-state index < -0.39 is 0 Å². The molecule has 1 amide bonds.